The van der Waals surface area contributed by atoms with Gasteiger partial charge in [0.25, 0.3) is 0 Å². The average Bonchev–Trinajstić information content (AvgIpc) is 2.43. The Morgan fingerprint density at radius 3 is 2.00 bits per heavy atom. The molecule has 1 rings (SSSR count). The number of carboxylic acids is 1. The van der Waals surface area contributed by atoms with E-state index in [1.165, 1.54) is 18.2 Å². The lowest BCUT2D eigenvalue weighted by Crippen LogP contribution is -2.20. The maximum atomic E-state index is 10.8. The lowest BCUT2D eigenvalue weighted by molar-refractivity contribution is -0.136. The largest absolute Gasteiger partial charge is 0.481 e. The van der Waals surface area contributed by atoms with Gasteiger partial charge in [-0.3, -0.25) is 4.79 Å². The maximum Gasteiger partial charge on any atom is 0.307 e. The van der Waals surface area contributed by atoms with Crippen molar-refractivity contribution < 1.29 is 9.90 Å². The first kappa shape index (κ1) is 14.5. The van der Waals surface area contributed by atoms with Crippen LogP contribution in [0.2, 0.25) is 0 Å². The molecule has 0 radical (unpaired) electrons. The Balaban J connectivity index is 3.85. The SMILES string of the molecule is N#CC(C#N)=c1ccc(=C(C#N)C#N)c(CC(=O)O)c1. The molecule has 6 heteroatoms. The third-order valence-corrected chi connectivity index (χ3v) is 2.45. The molecule has 0 aromatic heterocycles. The zero-order valence-corrected chi connectivity index (χ0v) is 10.1. The second-order valence-electron chi connectivity index (χ2n) is 3.64. The monoisotopic (exact) mass is 262 g/mol. The van der Waals surface area contributed by atoms with E-state index in [9.17, 15) is 4.79 Å². The lowest BCUT2D eigenvalue weighted by atomic mass is 10.0. The van der Waals surface area contributed by atoms with Crippen molar-refractivity contribution in [3.8, 4) is 24.3 Å². The van der Waals surface area contributed by atoms with Crippen LogP contribution in [-0.4, -0.2) is 11.1 Å². The summed E-state index contributed by atoms with van der Waals surface area (Å²) in [6, 6.07) is 10.9. The minimum atomic E-state index is -1.14. The van der Waals surface area contributed by atoms with Crippen LogP contribution in [-0.2, 0) is 11.2 Å². The van der Waals surface area contributed by atoms with Crippen LogP contribution < -0.4 is 10.4 Å². The molecule has 0 aliphatic heterocycles. The number of carbonyl (C=O) groups is 1. The maximum absolute atomic E-state index is 10.8. The van der Waals surface area contributed by atoms with Crippen LogP contribution in [0.4, 0.5) is 0 Å². The van der Waals surface area contributed by atoms with Gasteiger partial charge in [-0.05, 0) is 11.6 Å². The van der Waals surface area contributed by atoms with Crippen LogP contribution in [0.25, 0.3) is 11.1 Å². The molecule has 0 aliphatic carbocycles. The van der Waals surface area contributed by atoms with E-state index in [0.29, 0.717) is 0 Å². The van der Waals surface area contributed by atoms with E-state index in [-0.39, 0.29) is 27.1 Å². The topological polar surface area (TPSA) is 132 Å². The highest BCUT2D eigenvalue weighted by atomic mass is 16.4. The van der Waals surface area contributed by atoms with Crippen LogP contribution in [0.15, 0.2) is 18.2 Å². The van der Waals surface area contributed by atoms with E-state index in [0.717, 1.165) is 0 Å². The van der Waals surface area contributed by atoms with E-state index in [1.807, 2.05) is 0 Å². The molecule has 0 heterocycles. The quantitative estimate of drug-likeness (QED) is 0.778. The Bertz CT molecular complexity index is 823. The Morgan fingerprint density at radius 2 is 1.55 bits per heavy atom. The first-order valence-corrected chi connectivity index (χ1v) is 5.27. The van der Waals surface area contributed by atoms with Crippen molar-refractivity contribution in [3.05, 3.63) is 34.2 Å². The fourth-order valence-corrected chi connectivity index (χ4v) is 1.60. The number of aliphatic carboxylic acids is 1. The number of hydrogen-bond acceptors (Lipinski definition) is 5. The summed E-state index contributed by atoms with van der Waals surface area (Å²) in [5.41, 5.74) is -0.182. The predicted molar refractivity (Wildman–Crippen MR) is 66.3 cm³/mol. The summed E-state index contributed by atoms with van der Waals surface area (Å²) in [6.45, 7) is 0. The standard InChI is InChI=1S/C14H6N4O2/c15-5-11(6-16)9-1-2-13(12(7-17)8-18)10(3-9)4-14(19)20/h1-3H,4H2,(H,19,20). The molecule has 0 spiro atoms. The number of rotatable bonds is 2. The zero-order chi connectivity index (χ0) is 15.1. The Kier molecular flexibility index (Phi) is 4.59. The van der Waals surface area contributed by atoms with Crippen LogP contribution >= 0.6 is 0 Å². The van der Waals surface area contributed by atoms with E-state index in [2.05, 4.69) is 0 Å². The van der Waals surface area contributed by atoms with Crippen LogP contribution in [0, 0.1) is 45.3 Å². The van der Waals surface area contributed by atoms with Crippen LogP contribution in [0.1, 0.15) is 5.56 Å². The van der Waals surface area contributed by atoms with Crippen molar-refractivity contribution in [3.63, 3.8) is 0 Å². The van der Waals surface area contributed by atoms with E-state index in [4.69, 9.17) is 26.2 Å². The van der Waals surface area contributed by atoms with Gasteiger partial charge in [0.15, 0.2) is 0 Å². The molecule has 1 aromatic rings. The van der Waals surface area contributed by atoms with Crippen molar-refractivity contribution in [2.24, 2.45) is 0 Å². The van der Waals surface area contributed by atoms with Crippen LogP contribution in [0.5, 0.6) is 0 Å². The van der Waals surface area contributed by atoms with Crippen molar-refractivity contribution in [2.75, 3.05) is 0 Å². The van der Waals surface area contributed by atoms with Crippen molar-refractivity contribution >= 4 is 17.1 Å². The first-order valence-electron chi connectivity index (χ1n) is 5.27. The Morgan fingerprint density at radius 1 is 1.00 bits per heavy atom. The van der Waals surface area contributed by atoms with Gasteiger partial charge in [-0.25, -0.2) is 0 Å². The highest BCUT2D eigenvalue weighted by Crippen LogP contribution is 1.97. The molecule has 0 unspecified atom stereocenters. The molecule has 94 valence electrons. The summed E-state index contributed by atoms with van der Waals surface area (Å²) in [5.74, 6) is -1.14. The zero-order valence-electron chi connectivity index (χ0n) is 10.1. The van der Waals surface area contributed by atoms with Crippen LogP contribution in [0.3, 0.4) is 0 Å². The Labute approximate surface area is 113 Å². The molecule has 0 amide bonds. The van der Waals surface area contributed by atoms with Gasteiger partial charge >= 0.3 is 5.97 Å². The summed E-state index contributed by atoms with van der Waals surface area (Å²) in [5, 5.41) is 44.6. The second-order valence-corrected chi connectivity index (χ2v) is 3.64. The average molecular weight is 262 g/mol. The first-order chi connectivity index (χ1) is 9.57. The van der Waals surface area contributed by atoms with Crippen molar-refractivity contribution in [2.45, 2.75) is 6.42 Å². The highest BCUT2D eigenvalue weighted by molar-refractivity contribution is 5.77. The number of carboxylic acid groups (broad SMARTS) is 1. The number of hydrogen-bond donors (Lipinski definition) is 1. The predicted octanol–water partition coefficient (Wildman–Crippen LogP) is -0.291. The van der Waals surface area contributed by atoms with E-state index in [1.54, 1.807) is 24.3 Å². The van der Waals surface area contributed by atoms with E-state index < -0.39 is 12.4 Å². The molecule has 1 aromatic carbocycles. The summed E-state index contributed by atoms with van der Waals surface area (Å²) < 4.78 is 0. The number of nitrogens with zero attached hydrogens (tertiary/aromatic N) is 4. The third-order valence-electron chi connectivity index (χ3n) is 2.45. The molecule has 6 nitrogen and oxygen atoms in total. The Hall–Kier alpha value is -3.61. The molecule has 0 atom stereocenters. The molecule has 0 saturated heterocycles. The number of nitriles is 4. The van der Waals surface area contributed by atoms with Gasteiger partial charge < -0.3 is 5.11 Å². The van der Waals surface area contributed by atoms with Gasteiger partial charge in [0.05, 0.1) is 6.42 Å². The molecule has 1 N–H and O–H groups in total. The minimum Gasteiger partial charge on any atom is -0.481 e. The summed E-state index contributed by atoms with van der Waals surface area (Å²) in [6.07, 6.45) is -0.416. The smallest absolute Gasteiger partial charge is 0.307 e. The molecule has 0 saturated carbocycles. The van der Waals surface area contributed by atoms with Crippen molar-refractivity contribution in [1.82, 2.24) is 0 Å². The van der Waals surface area contributed by atoms with Gasteiger partial charge in [-0.2, -0.15) is 21.0 Å². The van der Waals surface area contributed by atoms with Gasteiger partial charge in [0, 0.05) is 10.4 Å². The summed E-state index contributed by atoms with van der Waals surface area (Å²) >= 11 is 0. The van der Waals surface area contributed by atoms with Crippen molar-refractivity contribution in [1.29, 1.82) is 21.0 Å². The van der Waals surface area contributed by atoms with E-state index >= 15 is 0 Å². The van der Waals surface area contributed by atoms with Gasteiger partial charge in [-0.15, -0.1) is 0 Å². The molecule has 0 fully saturated rings. The summed E-state index contributed by atoms with van der Waals surface area (Å²) in [7, 11) is 0. The highest BCUT2D eigenvalue weighted by Gasteiger charge is 2.07. The minimum absolute atomic E-state index is 0.168. The lowest BCUT2D eigenvalue weighted by Gasteiger charge is -2.00. The van der Waals surface area contributed by atoms with Gasteiger partial charge in [-0.1, -0.05) is 12.1 Å². The molecular weight excluding hydrogens is 256 g/mol. The normalized spacial score (nSPS) is 8.40. The number of benzene rings is 1. The molecular formula is C14H6N4O2. The van der Waals surface area contributed by atoms with Gasteiger partial charge in [0.2, 0.25) is 0 Å². The molecule has 0 bridgehead atoms. The third kappa shape index (κ3) is 2.99. The fraction of sp³-hybridized carbons (Fsp3) is 0.0714. The second kappa shape index (κ2) is 6.36. The summed E-state index contributed by atoms with van der Waals surface area (Å²) in [4.78, 5) is 10.8. The molecule has 20 heavy (non-hydrogen) atoms. The fourth-order valence-electron chi connectivity index (χ4n) is 1.60. The molecule has 0 aliphatic rings. The van der Waals surface area contributed by atoms with Gasteiger partial charge in [0.1, 0.15) is 35.4 Å².